The van der Waals surface area contributed by atoms with Gasteiger partial charge in [-0.2, -0.15) is 4.72 Å². The number of terminal acetylenes is 1. The van der Waals surface area contributed by atoms with Crippen LogP contribution < -0.4 is 10.5 Å². The van der Waals surface area contributed by atoms with Crippen molar-refractivity contribution in [2.24, 2.45) is 0 Å². The Morgan fingerprint density at radius 2 is 2.24 bits per heavy atom. The molecule has 6 heteroatoms. The van der Waals surface area contributed by atoms with Crippen LogP contribution in [0.4, 0.5) is 5.69 Å². The van der Waals surface area contributed by atoms with Crippen LogP contribution in [0, 0.1) is 12.3 Å². The minimum absolute atomic E-state index is 0.0622. The van der Waals surface area contributed by atoms with Gasteiger partial charge in [0.2, 0.25) is 10.0 Å². The van der Waals surface area contributed by atoms with Crippen LogP contribution in [0.1, 0.15) is 13.3 Å². The van der Waals surface area contributed by atoms with Crippen molar-refractivity contribution in [3.05, 3.63) is 23.2 Å². The van der Waals surface area contributed by atoms with Crippen molar-refractivity contribution in [3.8, 4) is 12.3 Å². The first-order valence-electron chi connectivity index (χ1n) is 4.94. The van der Waals surface area contributed by atoms with Crippen LogP contribution in [0.5, 0.6) is 0 Å². The molecule has 0 bridgehead atoms. The highest BCUT2D eigenvalue weighted by molar-refractivity contribution is 7.89. The van der Waals surface area contributed by atoms with Crippen LogP contribution in [-0.4, -0.2) is 14.5 Å². The number of anilines is 1. The van der Waals surface area contributed by atoms with E-state index in [1.54, 1.807) is 6.92 Å². The number of nitrogens with two attached hydrogens (primary N) is 1. The second-order valence-electron chi connectivity index (χ2n) is 3.44. The van der Waals surface area contributed by atoms with Gasteiger partial charge in [0.15, 0.2) is 0 Å². The number of hydrogen-bond acceptors (Lipinski definition) is 3. The predicted octanol–water partition coefficient (Wildman–Crippen LogP) is 1.61. The van der Waals surface area contributed by atoms with E-state index in [1.807, 2.05) is 0 Å². The zero-order chi connectivity index (χ0) is 13.1. The Morgan fingerprint density at radius 1 is 1.59 bits per heavy atom. The molecule has 1 aromatic rings. The normalized spacial score (nSPS) is 13.0. The number of hydrogen-bond donors (Lipinski definition) is 2. The molecule has 0 fully saturated rings. The first-order chi connectivity index (χ1) is 7.90. The van der Waals surface area contributed by atoms with Gasteiger partial charge in [0.25, 0.3) is 0 Å². The van der Waals surface area contributed by atoms with E-state index >= 15 is 0 Å². The molecule has 0 radical (unpaired) electrons. The molecule has 92 valence electrons. The maximum atomic E-state index is 12.0. The largest absolute Gasteiger partial charge is 0.399 e. The molecule has 0 aliphatic heterocycles. The van der Waals surface area contributed by atoms with Crippen LogP contribution in [0.2, 0.25) is 5.02 Å². The second kappa shape index (κ2) is 5.41. The van der Waals surface area contributed by atoms with Crippen LogP contribution >= 0.6 is 11.6 Å². The fourth-order valence-electron chi connectivity index (χ4n) is 1.21. The fourth-order valence-corrected chi connectivity index (χ4v) is 2.99. The van der Waals surface area contributed by atoms with Crippen molar-refractivity contribution in [1.82, 2.24) is 4.72 Å². The third-order valence-corrected chi connectivity index (χ3v) is 4.10. The Bertz CT molecular complexity index is 549. The summed E-state index contributed by atoms with van der Waals surface area (Å²) in [7, 11) is -3.74. The van der Waals surface area contributed by atoms with E-state index in [9.17, 15) is 8.42 Å². The van der Waals surface area contributed by atoms with Gasteiger partial charge in [0, 0.05) is 5.69 Å². The summed E-state index contributed by atoms with van der Waals surface area (Å²) in [5, 5.41) is 0.110. The highest BCUT2D eigenvalue weighted by Gasteiger charge is 2.20. The third-order valence-electron chi connectivity index (χ3n) is 2.15. The summed E-state index contributed by atoms with van der Waals surface area (Å²) in [6.45, 7) is 1.79. The first kappa shape index (κ1) is 13.8. The number of rotatable bonds is 4. The molecule has 0 saturated carbocycles. The molecular weight excluding hydrogens is 260 g/mol. The minimum atomic E-state index is -3.74. The van der Waals surface area contributed by atoms with E-state index in [0.29, 0.717) is 12.1 Å². The zero-order valence-corrected chi connectivity index (χ0v) is 10.8. The van der Waals surface area contributed by atoms with Gasteiger partial charge in [-0.1, -0.05) is 24.4 Å². The molecule has 0 aliphatic rings. The van der Waals surface area contributed by atoms with Crippen LogP contribution in [-0.2, 0) is 10.0 Å². The van der Waals surface area contributed by atoms with Gasteiger partial charge >= 0.3 is 0 Å². The maximum absolute atomic E-state index is 12.0. The number of nitrogens with one attached hydrogen (secondary N) is 1. The van der Waals surface area contributed by atoms with Crippen LogP contribution in [0.3, 0.4) is 0 Å². The molecule has 0 aromatic heterocycles. The molecule has 3 N–H and O–H groups in total. The number of nitrogen functional groups attached to an aromatic ring is 1. The Morgan fingerprint density at radius 3 is 2.76 bits per heavy atom. The van der Waals surface area contributed by atoms with E-state index in [1.165, 1.54) is 18.2 Å². The lowest BCUT2D eigenvalue weighted by molar-refractivity contribution is 0.570. The van der Waals surface area contributed by atoms with E-state index in [4.69, 9.17) is 23.8 Å². The molecule has 0 amide bonds. The van der Waals surface area contributed by atoms with Crippen LogP contribution in [0.15, 0.2) is 23.1 Å². The molecule has 0 spiro atoms. The van der Waals surface area contributed by atoms with Crippen molar-refractivity contribution in [1.29, 1.82) is 0 Å². The molecule has 0 heterocycles. The quantitative estimate of drug-likeness (QED) is 0.646. The van der Waals surface area contributed by atoms with E-state index in [-0.39, 0.29) is 9.92 Å². The molecule has 0 saturated heterocycles. The van der Waals surface area contributed by atoms with Gasteiger partial charge < -0.3 is 5.73 Å². The molecule has 1 atom stereocenters. The molecule has 1 aromatic carbocycles. The lowest BCUT2D eigenvalue weighted by atomic mass is 10.3. The summed E-state index contributed by atoms with van der Waals surface area (Å²) in [5.41, 5.74) is 5.85. The van der Waals surface area contributed by atoms with Gasteiger partial charge in [0.1, 0.15) is 4.90 Å². The predicted molar refractivity (Wildman–Crippen MR) is 69.1 cm³/mol. The van der Waals surface area contributed by atoms with Gasteiger partial charge in [-0.05, 0) is 24.6 Å². The summed E-state index contributed by atoms with van der Waals surface area (Å²) in [4.78, 5) is -0.0622. The number of benzene rings is 1. The van der Waals surface area contributed by atoms with E-state index in [0.717, 1.165) is 0 Å². The average molecular weight is 273 g/mol. The van der Waals surface area contributed by atoms with Crippen molar-refractivity contribution in [2.45, 2.75) is 24.3 Å². The standard InChI is InChI=1S/C11H13ClN2O2S/c1-3-9(4-2)14-17(15,16)11-7-8(13)5-6-10(11)12/h1,5-7,9,14H,4,13H2,2H3. The SMILES string of the molecule is C#CC(CC)NS(=O)(=O)c1cc(N)ccc1Cl. The minimum Gasteiger partial charge on any atom is -0.399 e. The number of sulfonamides is 1. The van der Waals surface area contributed by atoms with Crippen molar-refractivity contribution >= 4 is 27.3 Å². The van der Waals surface area contributed by atoms with Gasteiger partial charge in [-0.15, -0.1) is 6.42 Å². The zero-order valence-electron chi connectivity index (χ0n) is 9.27. The van der Waals surface area contributed by atoms with Gasteiger partial charge in [-0.3, -0.25) is 0 Å². The Labute approximate surface area is 106 Å². The molecular formula is C11H13ClN2O2S. The number of halogens is 1. The molecule has 1 unspecified atom stereocenters. The van der Waals surface area contributed by atoms with Crippen molar-refractivity contribution < 1.29 is 8.42 Å². The van der Waals surface area contributed by atoms with E-state index < -0.39 is 16.1 Å². The molecule has 4 nitrogen and oxygen atoms in total. The summed E-state index contributed by atoms with van der Waals surface area (Å²) in [5.74, 6) is 2.35. The van der Waals surface area contributed by atoms with E-state index in [2.05, 4.69) is 10.6 Å². The van der Waals surface area contributed by atoms with Crippen LogP contribution in [0.25, 0.3) is 0 Å². The second-order valence-corrected chi connectivity index (χ2v) is 5.53. The summed E-state index contributed by atoms with van der Waals surface area (Å²) in [6.07, 6.45) is 5.70. The third kappa shape index (κ3) is 3.37. The van der Waals surface area contributed by atoms with Crippen molar-refractivity contribution in [3.63, 3.8) is 0 Å². The highest BCUT2D eigenvalue weighted by atomic mass is 35.5. The lowest BCUT2D eigenvalue weighted by Gasteiger charge is -2.12. The lowest BCUT2D eigenvalue weighted by Crippen LogP contribution is -2.33. The summed E-state index contributed by atoms with van der Waals surface area (Å²) in [6, 6.07) is 3.70. The van der Waals surface area contributed by atoms with Gasteiger partial charge in [-0.25, -0.2) is 8.42 Å². The smallest absolute Gasteiger partial charge is 0.243 e. The van der Waals surface area contributed by atoms with Gasteiger partial charge in [0.05, 0.1) is 11.1 Å². The summed E-state index contributed by atoms with van der Waals surface area (Å²) >= 11 is 5.82. The Hall–Kier alpha value is -1.22. The summed E-state index contributed by atoms with van der Waals surface area (Å²) < 4.78 is 26.3. The monoisotopic (exact) mass is 272 g/mol. The molecule has 17 heavy (non-hydrogen) atoms. The molecule has 1 rings (SSSR count). The first-order valence-corrected chi connectivity index (χ1v) is 6.80. The maximum Gasteiger partial charge on any atom is 0.243 e. The Kier molecular flexibility index (Phi) is 4.40. The average Bonchev–Trinajstić information content (AvgIpc) is 2.29. The van der Waals surface area contributed by atoms with Crippen molar-refractivity contribution in [2.75, 3.05) is 5.73 Å². The topological polar surface area (TPSA) is 72.2 Å². The fraction of sp³-hybridized carbons (Fsp3) is 0.273. The Balaban J connectivity index is 3.14. The highest BCUT2D eigenvalue weighted by Crippen LogP contribution is 2.23. The molecule has 0 aliphatic carbocycles.